The Morgan fingerprint density at radius 2 is 2.00 bits per heavy atom. The number of carbonyl (C=O) groups excluding carboxylic acids is 2. The Hall–Kier alpha value is -3.68. The number of nitrogens with zero attached hydrogens (tertiary/aromatic N) is 3. The van der Waals surface area contributed by atoms with Crippen LogP contribution in [0.25, 0.3) is 0 Å². The van der Waals surface area contributed by atoms with Gasteiger partial charge in [0.15, 0.2) is 0 Å². The fraction of sp³-hybridized carbons (Fsp3) is 0.273. The van der Waals surface area contributed by atoms with Gasteiger partial charge in [0.1, 0.15) is 12.1 Å². The number of H-pyrrole nitrogens is 1. The Labute approximate surface area is 174 Å². The van der Waals surface area contributed by atoms with Gasteiger partial charge in [-0.3, -0.25) is 4.98 Å². The lowest BCUT2D eigenvalue weighted by Crippen LogP contribution is -2.52. The van der Waals surface area contributed by atoms with Gasteiger partial charge in [0, 0.05) is 37.5 Å². The number of nitrogens with one attached hydrogen (secondary N) is 2. The fourth-order valence-electron chi connectivity index (χ4n) is 3.80. The summed E-state index contributed by atoms with van der Waals surface area (Å²) in [6, 6.07) is 11.8. The summed E-state index contributed by atoms with van der Waals surface area (Å²) >= 11 is 0. The van der Waals surface area contributed by atoms with E-state index in [4.69, 9.17) is 4.74 Å². The van der Waals surface area contributed by atoms with Gasteiger partial charge in [-0.05, 0) is 23.3 Å². The third-order valence-electron chi connectivity index (χ3n) is 5.27. The van der Waals surface area contributed by atoms with Crippen LogP contribution < -0.4 is 5.32 Å². The third kappa shape index (κ3) is 4.03. The topological polar surface area (TPSA) is 100 Å². The molecule has 0 unspecified atom stereocenters. The molecular formula is C22H23N5O3. The Morgan fingerprint density at radius 3 is 2.73 bits per heavy atom. The highest BCUT2D eigenvalue weighted by atomic mass is 16.5. The summed E-state index contributed by atoms with van der Waals surface area (Å²) in [5, 5.41) is 2.87. The predicted octanol–water partition coefficient (Wildman–Crippen LogP) is 2.25. The van der Waals surface area contributed by atoms with Crippen LogP contribution in [0.15, 0.2) is 61.2 Å². The van der Waals surface area contributed by atoms with E-state index in [0.29, 0.717) is 19.4 Å². The number of amides is 2. The van der Waals surface area contributed by atoms with Gasteiger partial charge in [-0.15, -0.1) is 0 Å². The zero-order valence-electron chi connectivity index (χ0n) is 16.6. The van der Waals surface area contributed by atoms with Crippen molar-refractivity contribution >= 4 is 12.0 Å². The predicted molar refractivity (Wildman–Crippen MR) is 110 cm³/mol. The van der Waals surface area contributed by atoms with Crippen molar-refractivity contribution in [2.24, 2.45) is 0 Å². The van der Waals surface area contributed by atoms with Gasteiger partial charge in [-0.1, -0.05) is 30.3 Å². The Bertz CT molecular complexity index is 1010. The molecular weight excluding hydrogens is 382 g/mol. The number of esters is 1. The number of imidazole rings is 1. The van der Waals surface area contributed by atoms with E-state index in [1.54, 1.807) is 23.6 Å². The molecule has 30 heavy (non-hydrogen) atoms. The van der Waals surface area contributed by atoms with E-state index < -0.39 is 12.0 Å². The molecule has 8 nitrogen and oxygen atoms in total. The molecule has 2 atom stereocenters. The van der Waals surface area contributed by atoms with E-state index in [1.807, 2.05) is 42.5 Å². The SMILES string of the molecule is COC(=O)[C@@H](Cc1ccccc1)NC(=O)N1CCc2[nH]cnc2[C@H]1c1ccncc1. The van der Waals surface area contributed by atoms with Gasteiger partial charge in [-0.25, -0.2) is 14.6 Å². The van der Waals surface area contributed by atoms with Crippen molar-refractivity contribution in [1.29, 1.82) is 0 Å². The molecule has 1 aliphatic rings. The van der Waals surface area contributed by atoms with Crippen LogP contribution in [0.1, 0.15) is 28.6 Å². The number of aromatic nitrogens is 3. The van der Waals surface area contributed by atoms with Gasteiger partial charge in [0.2, 0.25) is 0 Å². The van der Waals surface area contributed by atoms with E-state index in [0.717, 1.165) is 22.5 Å². The first-order chi connectivity index (χ1) is 14.7. The summed E-state index contributed by atoms with van der Waals surface area (Å²) in [4.78, 5) is 39.0. The maximum absolute atomic E-state index is 13.3. The number of benzene rings is 1. The largest absolute Gasteiger partial charge is 0.467 e. The second kappa shape index (κ2) is 8.77. The van der Waals surface area contributed by atoms with Crippen LogP contribution >= 0.6 is 0 Å². The number of hydrogen-bond acceptors (Lipinski definition) is 5. The van der Waals surface area contributed by atoms with Gasteiger partial charge in [0.25, 0.3) is 0 Å². The first kappa shape index (κ1) is 19.6. The smallest absolute Gasteiger partial charge is 0.328 e. The molecule has 0 saturated carbocycles. The first-order valence-electron chi connectivity index (χ1n) is 9.78. The molecule has 3 aromatic rings. The average Bonchev–Trinajstić information content (AvgIpc) is 3.27. The number of carbonyl (C=O) groups is 2. The monoisotopic (exact) mass is 405 g/mol. The summed E-state index contributed by atoms with van der Waals surface area (Å²) in [6.07, 6.45) is 6.04. The molecule has 0 radical (unpaired) electrons. The Morgan fingerprint density at radius 1 is 1.23 bits per heavy atom. The van der Waals surface area contributed by atoms with Gasteiger partial charge in [-0.2, -0.15) is 0 Å². The fourth-order valence-corrected chi connectivity index (χ4v) is 3.80. The molecule has 154 valence electrons. The Kier molecular flexibility index (Phi) is 5.74. The van der Waals surface area contributed by atoms with Crippen LogP contribution in [0.4, 0.5) is 4.79 Å². The van der Waals surface area contributed by atoms with Crippen LogP contribution in [-0.4, -0.2) is 51.5 Å². The normalized spacial score (nSPS) is 16.4. The highest BCUT2D eigenvalue weighted by molar-refractivity contribution is 5.84. The molecule has 0 bridgehead atoms. The second-order valence-electron chi connectivity index (χ2n) is 7.11. The summed E-state index contributed by atoms with van der Waals surface area (Å²) in [7, 11) is 1.32. The molecule has 0 fully saturated rings. The maximum atomic E-state index is 13.3. The van der Waals surface area contributed by atoms with E-state index in [2.05, 4.69) is 20.3 Å². The van der Waals surface area contributed by atoms with Crippen molar-refractivity contribution in [3.8, 4) is 0 Å². The van der Waals surface area contributed by atoms with E-state index >= 15 is 0 Å². The van der Waals surface area contributed by atoms with Crippen LogP contribution in [-0.2, 0) is 22.4 Å². The zero-order chi connectivity index (χ0) is 20.9. The molecule has 0 spiro atoms. The molecule has 0 aliphatic carbocycles. The van der Waals surface area contributed by atoms with Crippen molar-refractivity contribution in [1.82, 2.24) is 25.2 Å². The standard InChI is InChI=1S/C22H23N5O3/c1-30-21(28)18(13-15-5-3-2-4-6-15)26-22(29)27-12-9-17-19(25-14-24-17)20(27)16-7-10-23-11-8-16/h2-8,10-11,14,18,20H,9,12-13H2,1H3,(H,24,25)(H,26,29)/t18-,20-/m1/s1. The molecule has 1 aromatic carbocycles. The molecule has 3 heterocycles. The first-order valence-corrected chi connectivity index (χ1v) is 9.78. The lowest BCUT2D eigenvalue weighted by Gasteiger charge is -2.36. The van der Waals surface area contributed by atoms with Crippen LogP contribution in [0.3, 0.4) is 0 Å². The minimum absolute atomic E-state index is 0.336. The quantitative estimate of drug-likeness (QED) is 0.634. The summed E-state index contributed by atoms with van der Waals surface area (Å²) < 4.78 is 4.93. The van der Waals surface area contributed by atoms with Crippen LogP contribution in [0, 0.1) is 0 Å². The number of rotatable bonds is 5. The van der Waals surface area contributed by atoms with Crippen LogP contribution in [0.2, 0.25) is 0 Å². The van der Waals surface area contributed by atoms with Crippen molar-refractivity contribution in [2.45, 2.75) is 24.9 Å². The number of methoxy groups -OCH3 is 1. The molecule has 4 rings (SSSR count). The minimum atomic E-state index is -0.788. The number of urea groups is 1. The van der Waals surface area contributed by atoms with Gasteiger partial charge in [0.05, 0.1) is 19.1 Å². The number of aromatic amines is 1. The highest BCUT2D eigenvalue weighted by Crippen LogP contribution is 2.33. The van der Waals surface area contributed by atoms with E-state index in [9.17, 15) is 9.59 Å². The summed E-state index contributed by atoms with van der Waals surface area (Å²) in [6.45, 7) is 0.493. The van der Waals surface area contributed by atoms with E-state index in [1.165, 1.54) is 7.11 Å². The maximum Gasteiger partial charge on any atom is 0.328 e. The second-order valence-corrected chi connectivity index (χ2v) is 7.11. The summed E-state index contributed by atoms with van der Waals surface area (Å²) in [5.74, 6) is -0.481. The number of fused-ring (bicyclic) bond motifs is 1. The molecule has 2 aromatic heterocycles. The number of pyridine rings is 1. The van der Waals surface area contributed by atoms with Crippen LogP contribution in [0.5, 0.6) is 0 Å². The third-order valence-corrected chi connectivity index (χ3v) is 5.27. The number of ether oxygens (including phenoxy) is 1. The van der Waals surface area contributed by atoms with Crippen molar-refractivity contribution < 1.29 is 14.3 Å². The highest BCUT2D eigenvalue weighted by Gasteiger charge is 2.35. The van der Waals surface area contributed by atoms with Gasteiger partial charge >= 0.3 is 12.0 Å². The van der Waals surface area contributed by atoms with Crippen molar-refractivity contribution in [3.63, 3.8) is 0 Å². The molecule has 1 aliphatic heterocycles. The lowest BCUT2D eigenvalue weighted by molar-refractivity contribution is -0.142. The molecule has 2 amide bonds. The zero-order valence-corrected chi connectivity index (χ0v) is 16.6. The Balaban J connectivity index is 1.59. The van der Waals surface area contributed by atoms with Crippen molar-refractivity contribution in [2.75, 3.05) is 13.7 Å². The average molecular weight is 405 g/mol. The number of hydrogen-bond donors (Lipinski definition) is 2. The van der Waals surface area contributed by atoms with E-state index in [-0.39, 0.29) is 12.1 Å². The van der Waals surface area contributed by atoms with Crippen molar-refractivity contribution in [3.05, 3.63) is 83.7 Å². The molecule has 2 N–H and O–H groups in total. The minimum Gasteiger partial charge on any atom is -0.467 e. The lowest BCUT2D eigenvalue weighted by atomic mass is 9.96. The molecule has 8 heteroatoms. The summed E-state index contributed by atoms with van der Waals surface area (Å²) in [5.41, 5.74) is 3.66. The molecule has 0 saturated heterocycles. The van der Waals surface area contributed by atoms with Gasteiger partial charge < -0.3 is 19.9 Å².